The third kappa shape index (κ3) is 3.07. The molecule has 0 radical (unpaired) electrons. The van der Waals surface area contributed by atoms with Crippen molar-refractivity contribution in [3.8, 4) is 0 Å². The van der Waals surface area contributed by atoms with Crippen molar-refractivity contribution < 1.29 is 14.3 Å². The first-order chi connectivity index (χ1) is 17.6. The summed E-state index contributed by atoms with van der Waals surface area (Å²) in [4.78, 5) is 29.3. The molecule has 0 N–H and O–H groups in total. The third-order valence-corrected chi connectivity index (χ3v) is 7.23. The summed E-state index contributed by atoms with van der Waals surface area (Å²) in [7, 11) is 0. The van der Waals surface area contributed by atoms with E-state index >= 15 is 0 Å². The van der Waals surface area contributed by atoms with Gasteiger partial charge in [0, 0.05) is 11.6 Å². The highest BCUT2D eigenvalue weighted by atomic mass is 16.5. The Hall–Kier alpha value is -4.44. The Labute approximate surface area is 210 Å². The average molecular weight is 472 g/mol. The van der Waals surface area contributed by atoms with Crippen LogP contribution in [0.3, 0.4) is 0 Å². The minimum atomic E-state index is -1.41. The molecule has 0 aromatic heterocycles. The maximum absolute atomic E-state index is 14.8. The van der Waals surface area contributed by atoms with E-state index in [0.29, 0.717) is 0 Å². The number of anilines is 1. The van der Waals surface area contributed by atoms with E-state index in [4.69, 9.17) is 4.74 Å². The smallest absolute Gasteiger partial charge is 0.277 e. The molecule has 4 nitrogen and oxygen atoms in total. The van der Waals surface area contributed by atoms with E-state index in [9.17, 15) is 9.59 Å². The summed E-state index contributed by atoms with van der Waals surface area (Å²) in [6.07, 6.45) is 2.73. The lowest BCUT2D eigenvalue weighted by atomic mass is 9.75. The molecule has 36 heavy (non-hydrogen) atoms. The highest BCUT2D eigenvalue weighted by Crippen LogP contribution is 2.55. The van der Waals surface area contributed by atoms with Crippen LogP contribution in [0.4, 0.5) is 5.69 Å². The molecule has 1 spiro atoms. The Morgan fingerprint density at radius 2 is 1.28 bits per heavy atom. The minimum absolute atomic E-state index is 0.0380. The molecule has 4 heteroatoms. The number of ether oxygens (including phenoxy) is 1. The maximum Gasteiger partial charge on any atom is 0.277 e. The Morgan fingerprint density at radius 3 is 1.78 bits per heavy atom. The van der Waals surface area contributed by atoms with Crippen molar-refractivity contribution in [3.05, 3.63) is 149 Å². The van der Waals surface area contributed by atoms with Crippen LogP contribution >= 0.6 is 0 Å². The van der Waals surface area contributed by atoms with E-state index in [1.165, 1.54) is 12.3 Å². The Balaban J connectivity index is 1.74. The van der Waals surface area contributed by atoms with Gasteiger partial charge in [-0.25, -0.2) is 0 Å². The summed E-state index contributed by atoms with van der Waals surface area (Å²) in [6.45, 7) is 1.99. The number of rotatable bonds is 4. The van der Waals surface area contributed by atoms with E-state index in [1.807, 2.05) is 84.6 Å². The van der Waals surface area contributed by atoms with Crippen LogP contribution in [-0.2, 0) is 25.5 Å². The first kappa shape index (κ1) is 22.1. The highest BCUT2D eigenvalue weighted by molar-refractivity contribution is 6.12. The minimum Gasteiger partial charge on any atom is -0.480 e. The van der Waals surface area contributed by atoms with Crippen molar-refractivity contribution in [3.63, 3.8) is 0 Å². The molecule has 0 saturated heterocycles. The lowest BCUT2D eigenvalue weighted by Crippen LogP contribution is -2.54. The number of aryl methyl sites for hydroxylation is 1. The van der Waals surface area contributed by atoms with Gasteiger partial charge in [-0.1, -0.05) is 103 Å². The molecule has 0 fully saturated rings. The Morgan fingerprint density at radius 1 is 0.750 bits per heavy atom. The zero-order chi connectivity index (χ0) is 24.8. The second-order valence-corrected chi connectivity index (χ2v) is 9.36. The Bertz CT molecular complexity index is 1380. The van der Waals surface area contributed by atoms with Gasteiger partial charge in [0.25, 0.3) is 5.91 Å². The zero-order valence-corrected chi connectivity index (χ0v) is 19.9. The van der Waals surface area contributed by atoms with Gasteiger partial charge in [0.15, 0.2) is 5.78 Å². The predicted molar refractivity (Wildman–Crippen MR) is 139 cm³/mol. The molecule has 4 aromatic carbocycles. The quantitative estimate of drug-likeness (QED) is 0.341. The third-order valence-electron chi connectivity index (χ3n) is 7.23. The number of ketones is 1. The second kappa shape index (κ2) is 8.35. The van der Waals surface area contributed by atoms with Crippen LogP contribution in [0.5, 0.6) is 0 Å². The number of benzene rings is 4. The summed E-state index contributed by atoms with van der Waals surface area (Å²) < 4.78 is 6.13. The first-order valence-corrected chi connectivity index (χ1v) is 12.1. The molecule has 2 aliphatic rings. The summed E-state index contributed by atoms with van der Waals surface area (Å²) >= 11 is 0. The normalized spacial score (nSPS) is 18.9. The van der Waals surface area contributed by atoms with Gasteiger partial charge in [0.2, 0.25) is 5.60 Å². The molecule has 0 bridgehead atoms. The number of carbonyl (C=O) groups is 2. The van der Waals surface area contributed by atoms with Gasteiger partial charge >= 0.3 is 0 Å². The fraction of sp³-hybridized carbons (Fsp3) is 0.125. The van der Waals surface area contributed by atoms with E-state index in [2.05, 4.69) is 36.4 Å². The molecule has 4 aromatic rings. The van der Waals surface area contributed by atoms with E-state index in [1.54, 1.807) is 0 Å². The van der Waals surface area contributed by atoms with Gasteiger partial charge < -0.3 is 4.74 Å². The fourth-order valence-corrected chi connectivity index (χ4v) is 5.69. The van der Waals surface area contributed by atoms with Gasteiger partial charge in [0.1, 0.15) is 5.54 Å². The van der Waals surface area contributed by atoms with Crippen molar-refractivity contribution in [1.29, 1.82) is 0 Å². The molecule has 176 valence electrons. The van der Waals surface area contributed by atoms with Gasteiger partial charge in [0.05, 0.1) is 18.4 Å². The van der Waals surface area contributed by atoms with E-state index in [0.717, 1.165) is 33.5 Å². The molecule has 0 saturated carbocycles. The number of amides is 1. The summed E-state index contributed by atoms with van der Waals surface area (Å²) in [5.74, 6) is -0.383. The second-order valence-electron chi connectivity index (χ2n) is 9.36. The van der Waals surface area contributed by atoms with Gasteiger partial charge in [-0.2, -0.15) is 0 Å². The topological polar surface area (TPSA) is 46.6 Å². The van der Waals surface area contributed by atoms with Crippen LogP contribution in [0.2, 0.25) is 0 Å². The molecule has 0 aliphatic carbocycles. The molecule has 1 atom stereocenters. The number of hydrogen-bond donors (Lipinski definition) is 0. The van der Waals surface area contributed by atoms with Crippen molar-refractivity contribution in [2.75, 3.05) is 4.90 Å². The fourth-order valence-electron chi connectivity index (χ4n) is 5.69. The molecular formula is C32H25NO3. The number of hydrogen-bond acceptors (Lipinski definition) is 3. The molecular weight excluding hydrogens is 446 g/mol. The Kier molecular flexibility index (Phi) is 5.11. The SMILES string of the molecule is Cc1ccc2c(c1)C1(CC(=O)C=CO1)C(=O)N2C(c1ccccc1)(c1ccccc1)c1ccccc1. The monoisotopic (exact) mass is 471 g/mol. The van der Waals surface area contributed by atoms with Gasteiger partial charge in [-0.05, 0) is 35.7 Å². The standard InChI is InChI=1S/C32H25NO3/c1-23-17-18-29-28(21-23)31(22-27(34)19-20-36-31)30(35)33(29)32(24-11-5-2-6-12-24,25-13-7-3-8-14-25)26-15-9-4-10-16-26/h2-21H,22H2,1H3. The lowest BCUT2D eigenvalue weighted by molar-refractivity contribution is -0.144. The highest BCUT2D eigenvalue weighted by Gasteiger charge is 2.61. The average Bonchev–Trinajstić information content (AvgIpc) is 3.14. The van der Waals surface area contributed by atoms with Crippen molar-refractivity contribution in [1.82, 2.24) is 0 Å². The van der Waals surface area contributed by atoms with Crippen LogP contribution in [0.25, 0.3) is 0 Å². The summed E-state index contributed by atoms with van der Waals surface area (Å²) in [5.41, 5.74) is 2.88. The zero-order valence-electron chi connectivity index (χ0n) is 19.9. The number of allylic oxidation sites excluding steroid dienone is 1. The van der Waals surface area contributed by atoms with Crippen LogP contribution in [0.1, 0.15) is 34.2 Å². The van der Waals surface area contributed by atoms with Gasteiger partial charge in [-0.3, -0.25) is 14.5 Å². The first-order valence-electron chi connectivity index (χ1n) is 12.1. The molecule has 6 rings (SSSR count). The number of fused-ring (bicyclic) bond motifs is 2. The van der Waals surface area contributed by atoms with Crippen LogP contribution < -0.4 is 4.90 Å². The lowest BCUT2D eigenvalue weighted by Gasteiger charge is -2.44. The molecule has 1 unspecified atom stereocenters. The van der Waals surface area contributed by atoms with Crippen LogP contribution in [-0.4, -0.2) is 11.7 Å². The largest absolute Gasteiger partial charge is 0.480 e. The maximum atomic E-state index is 14.8. The van der Waals surface area contributed by atoms with E-state index < -0.39 is 11.1 Å². The van der Waals surface area contributed by atoms with Crippen molar-refractivity contribution in [2.45, 2.75) is 24.5 Å². The summed E-state index contributed by atoms with van der Waals surface area (Å²) in [5, 5.41) is 0. The van der Waals surface area contributed by atoms with Crippen LogP contribution in [0, 0.1) is 6.92 Å². The van der Waals surface area contributed by atoms with Crippen molar-refractivity contribution in [2.24, 2.45) is 0 Å². The summed E-state index contributed by atoms with van der Waals surface area (Å²) in [6, 6.07) is 36.2. The van der Waals surface area contributed by atoms with E-state index in [-0.39, 0.29) is 18.1 Å². The molecule has 2 heterocycles. The number of nitrogens with zero attached hydrogens (tertiary/aromatic N) is 1. The molecule has 2 aliphatic heterocycles. The van der Waals surface area contributed by atoms with Crippen molar-refractivity contribution >= 4 is 17.4 Å². The van der Waals surface area contributed by atoms with Gasteiger partial charge in [-0.15, -0.1) is 0 Å². The molecule has 1 amide bonds. The number of carbonyl (C=O) groups excluding carboxylic acids is 2. The predicted octanol–water partition coefficient (Wildman–Crippen LogP) is 6.03. The van der Waals surface area contributed by atoms with Crippen LogP contribution in [0.15, 0.2) is 122 Å².